The van der Waals surface area contributed by atoms with Crippen LogP contribution >= 0.6 is 0 Å². The summed E-state index contributed by atoms with van der Waals surface area (Å²) in [6.45, 7) is 4.99. The van der Waals surface area contributed by atoms with Crippen molar-refractivity contribution in [3.05, 3.63) is 52.1 Å². The molecule has 4 heterocycles. The van der Waals surface area contributed by atoms with Crippen molar-refractivity contribution in [3.63, 3.8) is 0 Å². The second-order valence-corrected chi connectivity index (χ2v) is 9.39. The maximum absolute atomic E-state index is 13.8. The van der Waals surface area contributed by atoms with Crippen LogP contribution in [-0.2, 0) is 16.0 Å². The fourth-order valence-electron chi connectivity index (χ4n) is 5.21. The zero-order valence-corrected chi connectivity index (χ0v) is 19.3. The Bertz CT molecular complexity index is 1160. The summed E-state index contributed by atoms with van der Waals surface area (Å²) in [5.74, 6) is -0.683. The Morgan fingerprint density at radius 3 is 2.70 bits per heavy atom. The van der Waals surface area contributed by atoms with Gasteiger partial charge in [0.1, 0.15) is 5.82 Å². The number of H-pyrrole nitrogens is 1. The number of nitrogens with zero attached hydrogens (tertiary/aromatic N) is 2. The summed E-state index contributed by atoms with van der Waals surface area (Å²) in [6.07, 6.45) is 4.22. The number of aromatic nitrogens is 1. The molecule has 0 radical (unpaired) electrons. The minimum atomic E-state index is -0.398. The maximum atomic E-state index is 13.8. The summed E-state index contributed by atoms with van der Waals surface area (Å²) in [6, 6.07) is 4.24. The first-order valence-electron chi connectivity index (χ1n) is 11.4. The molecule has 0 atom stereocenters. The van der Waals surface area contributed by atoms with Gasteiger partial charge < -0.3 is 24.8 Å². The SMILES string of the molecule is COC1(CN2CCc3[nH]c(/C=C4\C(=O)Nc5ccc(F)cc54)c(C)c3C2=O)CCN(C)CC1. The number of anilines is 1. The van der Waals surface area contributed by atoms with Gasteiger partial charge in [-0.25, -0.2) is 4.39 Å². The highest BCUT2D eigenvalue weighted by Gasteiger charge is 2.39. The van der Waals surface area contributed by atoms with Gasteiger partial charge in [0.25, 0.3) is 11.8 Å². The van der Waals surface area contributed by atoms with E-state index in [9.17, 15) is 14.0 Å². The van der Waals surface area contributed by atoms with Crippen LogP contribution in [0.5, 0.6) is 0 Å². The van der Waals surface area contributed by atoms with Gasteiger partial charge in [-0.15, -0.1) is 0 Å². The van der Waals surface area contributed by atoms with Crippen LogP contribution in [0.4, 0.5) is 10.1 Å². The lowest BCUT2D eigenvalue weighted by Gasteiger charge is -2.43. The summed E-state index contributed by atoms with van der Waals surface area (Å²) >= 11 is 0. The molecule has 5 rings (SSSR count). The summed E-state index contributed by atoms with van der Waals surface area (Å²) in [5, 5.41) is 2.77. The lowest BCUT2D eigenvalue weighted by atomic mass is 9.89. The number of ether oxygens (including phenoxy) is 1. The van der Waals surface area contributed by atoms with Crippen molar-refractivity contribution >= 4 is 29.2 Å². The molecular weight excluding hydrogens is 423 g/mol. The number of hydrogen-bond acceptors (Lipinski definition) is 4. The molecule has 2 aromatic rings. The molecule has 0 saturated carbocycles. The smallest absolute Gasteiger partial charge is 0.256 e. The minimum absolute atomic E-state index is 0.00711. The molecule has 1 saturated heterocycles. The highest BCUT2D eigenvalue weighted by molar-refractivity contribution is 6.34. The average Bonchev–Trinajstić information content (AvgIpc) is 3.28. The molecule has 8 heteroatoms. The molecule has 0 spiro atoms. The van der Waals surface area contributed by atoms with Crippen LogP contribution in [0.3, 0.4) is 0 Å². The highest BCUT2D eigenvalue weighted by Crippen LogP contribution is 2.36. The van der Waals surface area contributed by atoms with E-state index in [0.29, 0.717) is 47.6 Å². The number of aromatic amines is 1. The summed E-state index contributed by atoms with van der Waals surface area (Å²) < 4.78 is 19.7. The number of methoxy groups -OCH3 is 1. The first-order valence-corrected chi connectivity index (χ1v) is 11.4. The molecule has 1 fully saturated rings. The van der Waals surface area contributed by atoms with Gasteiger partial charge in [-0.3, -0.25) is 9.59 Å². The second kappa shape index (κ2) is 8.11. The number of carbonyl (C=O) groups is 2. The topological polar surface area (TPSA) is 77.7 Å². The van der Waals surface area contributed by atoms with E-state index in [1.807, 2.05) is 11.8 Å². The Balaban J connectivity index is 1.43. The van der Waals surface area contributed by atoms with Crippen LogP contribution in [0.1, 0.15) is 45.7 Å². The number of nitrogens with one attached hydrogen (secondary N) is 2. The molecule has 1 aromatic carbocycles. The summed E-state index contributed by atoms with van der Waals surface area (Å²) in [5.41, 5.74) is 4.26. The third-order valence-electron chi connectivity index (χ3n) is 7.36. The molecule has 3 aliphatic heterocycles. The molecule has 1 aromatic heterocycles. The zero-order valence-electron chi connectivity index (χ0n) is 19.3. The number of fused-ring (bicyclic) bond motifs is 2. The Morgan fingerprint density at radius 1 is 1.21 bits per heavy atom. The van der Waals surface area contributed by atoms with Gasteiger partial charge in [0.2, 0.25) is 0 Å². The largest absolute Gasteiger partial charge is 0.376 e. The van der Waals surface area contributed by atoms with Crippen LogP contribution in [0.25, 0.3) is 11.6 Å². The first kappa shape index (κ1) is 21.9. The van der Waals surface area contributed by atoms with E-state index in [1.165, 1.54) is 12.1 Å². The van der Waals surface area contributed by atoms with Crippen molar-refractivity contribution in [2.75, 3.05) is 45.7 Å². The number of carbonyl (C=O) groups excluding carboxylic acids is 2. The number of piperidine rings is 1. The van der Waals surface area contributed by atoms with Gasteiger partial charge in [0.15, 0.2) is 0 Å². The molecule has 2 N–H and O–H groups in total. The van der Waals surface area contributed by atoms with Gasteiger partial charge in [-0.2, -0.15) is 0 Å². The monoisotopic (exact) mass is 452 g/mol. The predicted molar refractivity (Wildman–Crippen MR) is 125 cm³/mol. The average molecular weight is 453 g/mol. The van der Waals surface area contributed by atoms with Crippen LogP contribution in [-0.4, -0.2) is 72.5 Å². The zero-order chi connectivity index (χ0) is 23.3. The van der Waals surface area contributed by atoms with E-state index in [4.69, 9.17) is 4.74 Å². The molecule has 0 aliphatic carbocycles. The van der Waals surface area contributed by atoms with Crippen LogP contribution < -0.4 is 5.32 Å². The number of hydrogen-bond donors (Lipinski definition) is 2. The lowest BCUT2D eigenvalue weighted by molar-refractivity contribution is -0.110. The molecule has 7 nitrogen and oxygen atoms in total. The third kappa shape index (κ3) is 3.77. The van der Waals surface area contributed by atoms with E-state index in [2.05, 4.69) is 22.2 Å². The van der Waals surface area contributed by atoms with Crippen molar-refractivity contribution < 1.29 is 18.7 Å². The van der Waals surface area contributed by atoms with Crippen molar-refractivity contribution in [2.24, 2.45) is 0 Å². The van der Waals surface area contributed by atoms with E-state index in [1.54, 1.807) is 19.3 Å². The maximum Gasteiger partial charge on any atom is 0.256 e. The number of benzene rings is 1. The van der Waals surface area contributed by atoms with E-state index < -0.39 is 5.82 Å². The normalized spacial score (nSPS) is 21.3. The summed E-state index contributed by atoms with van der Waals surface area (Å²) in [7, 11) is 3.85. The van der Waals surface area contributed by atoms with Gasteiger partial charge >= 0.3 is 0 Å². The highest BCUT2D eigenvalue weighted by atomic mass is 19.1. The quantitative estimate of drug-likeness (QED) is 0.699. The van der Waals surface area contributed by atoms with Gasteiger partial charge in [-0.05, 0) is 56.7 Å². The molecule has 33 heavy (non-hydrogen) atoms. The Kier molecular flexibility index (Phi) is 5.37. The molecule has 3 aliphatic rings. The number of rotatable bonds is 4. The molecule has 174 valence electrons. The Morgan fingerprint density at radius 2 is 1.97 bits per heavy atom. The minimum Gasteiger partial charge on any atom is -0.376 e. The Labute approximate surface area is 192 Å². The van der Waals surface area contributed by atoms with Crippen LogP contribution in [0.2, 0.25) is 0 Å². The number of likely N-dealkylation sites (tertiary alicyclic amines) is 1. The molecular formula is C25H29FN4O3. The van der Waals surface area contributed by atoms with E-state index >= 15 is 0 Å². The van der Waals surface area contributed by atoms with E-state index in [0.717, 1.165) is 37.2 Å². The predicted octanol–water partition coefficient (Wildman–Crippen LogP) is 3.06. The van der Waals surface area contributed by atoms with Gasteiger partial charge in [0.05, 0.1) is 23.3 Å². The van der Waals surface area contributed by atoms with Crippen LogP contribution in [0, 0.1) is 12.7 Å². The van der Waals surface area contributed by atoms with Crippen molar-refractivity contribution in [1.82, 2.24) is 14.8 Å². The standard InChI is InChI=1S/C25H29FN4O3/c1-15-21(13-18-17-12-16(26)4-5-19(17)28-23(18)31)27-20-6-9-30(24(32)22(15)20)14-25(33-3)7-10-29(2)11-8-25/h4-5,12-13,27H,6-11,14H2,1-3H3,(H,28,31)/b18-13-. The van der Waals surface area contributed by atoms with Crippen molar-refractivity contribution in [1.29, 1.82) is 0 Å². The Hall–Kier alpha value is -2.97. The van der Waals surface area contributed by atoms with Gasteiger partial charge in [-0.1, -0.05) is 0 Å². The first-order chi connectivity index (χ1) is 15.8. The molecule has 0 bridgehead atoms. The van der Waals surface area contributed by atoms with Crippen molar-refractivity contribution in [2.45, 2.75) is 31.8 Å². The molecule has 0 unspecified atom stereocenters. The van der Waals surface area contributed by atoms with E-state index in [-0.39, 0.29) is 17.4 Å². The fraction of sp³-hybridized carbons (Fsp3) is 0.440. The lowest BCUT2D eigenvalue weighted by Crippen LogP contribution is -2.53. The number of halogens is 1. The van der Waals surface area contributed by atoms with Crippen LogP contribution in [0.15, 0.2) is 18.2 Å². The van der Waals surface area contributed by atoms with Crippen molar-refractivity contribution in [3.8, 4) is 0 Å². The number of amides is 2. The van der Waals surface area contributed by atoms with Gasteiger partial charge in [0, 0.05) is 55.8 Å². The molecule has 2 amide bonds. The summed E-state index contributed by atoms with van der Waals surface area (Å²) in [4.78, 5) is 33.5. The third-order valence-corrected chi connectivity index (χ3v) is 7.36. The fourth-order valence-corrected chi connectivity index (χ4v) is 5.21. The second-order valence-electron chi connectivity index (χ2n) is 9.39.